The van der Waals surface area contributed by atoms with Crippen molar-refractivity contribution in [2.24, 2.45) is 0 Å². The van der Waals surface area contributed by atoms with E-state index in [1.165, 1.54) is 13.2 Å². The number of carbonyl (C=O) groups is 2. The molecule has 2 N–H and O–H groups in total. The summed E-state index contributed by atoms with van der Waals surface area (Å²) < 4.78 is 5.04. The molecule has 0 saturated carbocycles. The molecule has 0 aromatic heterocycles. The Kier molecular flexibility index (Phi) is 6.38. The standard InChI is InChI=1S/C20H22ClN3O4/c1-28-14-6-7-15(18(25)12-14)20(27)24-10-8-23(9-11-24)13-19(26)22-17-5-3-2-4-16(17)21/h2-7,12,25H,8-11,13H2,1H3,(H,22,26). The van der Waals surface area contributed by atoms with Crippen molar-refractivity contribution in [3.05, 3.63) is 53.1 Å². The lowest BCUT2D eigenvalue weighted by Crippen LogP contribution is -2.50. The molecular weight excluding hydrogens is 382 g/mol. The average Bonchev–Trinajstić information content (AvgIpc) is 2.69. The Labute approximate surface area is 168 Å². The maximum atomic E-state index is 12.6. The summed E-state index contributed by atoms with van der Waals surface area (Å²) in [7, 11) is 1.50. The van der Waals surface area contributed by atoms with Gasteiger partial charge >= 0.3 is 0 Å². The predicted octanol–water partition coefficient (Wildman–Crippen LogP) is 2.45. The Balaban J connectivity index is 1.52. The fraction of sp³-hybridized carbons (Fsp3) is 0.300. The smallest absolute Gasteiger partial charge is 0.257 e. The summed E-state index contributed by atoms with van der Waals surface area (Å²) in [5.41, 5.74) is 0.823. The Morgan fingerprint density at radius 2 is 1.86 bits per heavy atom. The minimum atomic E-state index is -0.236. The highest BCUT2D eigenvalue weighted by Gasteiger charge is 2.25. The maximum Gasteiger partial charge on any atom is 0.257 e. The number of benzene rings is 2. The largest absolute Gasteiger partial charge is 0.507 e. The van der Waals surface area contributed by atoms with Crippen molar-refractivity contribution in [1.29, 1.82) is 0 Å². The van der Waals surface area contributed by atoms with Crippen LogP contribution in [-0.2, 0) is 4.79 Å². The van der Waals surface area contributed by atoms with E-state index < -0.39 is 0 Å². The van der Waals surface area contributed by atoms with Gasteiger partial charge in [0.25, 0.3) is 5.91 Å². The molecule has 1 saturated heterocycles. The van der Waals surface area contributed by atoms with E-state index in [0.29, 0.717) is 42.6 Å². The lowest BCUT2D eigenvalue weighted by atomic mass is 10.1. The first-order valence-electron chi connectivity index (χ1n) is 8.91. The van der Waals surface area contributed by atoms with Crippen molar-refractivity contribution in [2.75, 3.05) is 45.2 Å². The highest BCUT2D eigenvalue weighted by Crippen LogP contribution is 2.25. The number of para-hydroxylation sites is 1. The topological polar surface area (TPSA) is 82.1 Å². The molecule has 0 spiro atoms. The monoisotopic (exact) mass is 403 g/mol. The molecule has 0 unspecified atom stereocenters. The summed E-state index contributed by atoms with van der Waals surface area (Å²) in [5, 5.41) is 13.3. The van der Waals surface area contributed by atoms with Crippen LogP contribution in [0.15, 0.2) is 42.5 Å². The Bertz CT molecular complexity index is 866. The van der Waals surface area contributed by atoms with Crippen LogP contribution >= 0.6 is 11.6 Å². The number of phenols is 1. The quantitative estimate of drug-likeness (QED) is 0.801. The summed E-state index contributed by atoms with van der Waals surface area (Å²) >= 11 is 6.05. The molecule has 2 aromatic rings. The van der Waals surface area contributed by atoms with Crippen LogP contribution in [0.3, 0.4) is 0 Å². The van der Waals surface area contributed by atoms with Crippen LogP contribution in [0.2, 0.25) is 5.02 Å². The minimum absolute atomic E-state index is 0.106. The van der Waals surface area contributed by atoms with Crippen molar-refractivity contribution in [3.63, 3.8) is 0 Å². The highest BCUT2D eigenvalue weighted by molar-refractivity contribution is 6.33. The molecule has 0 atom stereocenters. The van der Waals surface area contributed by atoms with Crippen LogP contribution in [-0.4, -0.2) is 66.6 Å². The number of piperazine rings is 1. The lowest BCUT2D eigenvalue weighted by Gasteiger charge is -2.34. The van der Waals surface area contributed by atoms with E-state index in [9.17, 15) is 14.7 Å². The zero-order valence-electron chi connectivity index (χ0n) is 15.5. The van der Waals surface area contributed by atoms with Gasteiger partial charge in [-0.15, -0.1) is 0 Å². The SMILES string of the molecule is COc1ccc(C(=O)N2CCN(CC(=O)Nc3ccccc3Cl)CC2)c(O)c1. The molecule has 1 aliphatic rings. The van der Waals surface area contributed by atoms with Gasteiger partial charge in [-0.25, -0.2) is 0 Å². The Morgan fingerprint density at radius 1 is 1.14 bits per heavy atom. The number of ether oxygens (including phenoxy) is 1. The molecule has 3 rings (SSSR count). The molecular formula is C20H22ClN3O4. The Hall–Kier alpha value is -2.77. The number of phenolic OH excluding ortho intramolecular Hbond substituents is 1. The predicted molar refractivity (Wildman–Crippen MR) is 107 cm³/mol. The van der Waals surface area contributed by atoms with Crippen LogP contribution in [0.5, 0.6) is 11.5 Å². The van der Waals surface area contributed by atoms with Crippen LogP contribution in [0.1, 0.15) is 10.4 Å². The van der Waals surface area contributed by atoms with E-state index >= 15 is 0 Å². The maximum absolute atomic E-state index is 12.6. The number of anilines is 1. The molecule has 1 heterocycles. The molecule has 0 bridgehead atoms. The molecule has 1 fully saturated rings. The third-order valence-electron chi connectivity index (χ3n) is 4.61. The molecule has 1 aliphatic heterocycles. The van der Waals surface area contributed by atoms with Gasteiger partial charge in [-0.2, -0.15) is 0 Å². The van der Waals surface area contributed by atoms with Gasteiger partial charge in [-0.05, 0) is 24.3 Å². The van der Waals surface area contributed by atoms with Crippen molar-refractivity contribution < 1.29 is 19.4 Å². The Morgan fingerprint density at radius 3 is 2.50 bits per heavy atom. The number of aromatic hydroxyl groups is 1. The molecule has 28 heavy (non-hydrogen) atoms. The van der Waals surface area contributed by atoms with Crippen LogP contribution < -0.4 is 10.1 Å². The second-order valence-electron chi connectivity index (χ2n) is 6.48. The second kappa shape index (κ2) is 8.95. The zero-order chi connectivity index (χ0) is 20.1. The van der Waals surface area contributed by atoms with Gasteiger partial charge in [-0.3, -0.25) is 14.5 Å². The second-order valence-corrected chi connectivity index (χ2v) is 6.89. The van der Waals surface area contributed by atoms with Crippen LogP contribution in [0.25, 0.3) is 0 Å². The van der Waals surface area contributed by atoms with Gasteiger partial charge in [0, 0.05) is 32.2 Å². The van der Waals surface area contributed by atoms with Crippen LogP contribution in [0, 0.1) is 0 Å². The van der Waals surface area contributed by atoms with Gasteiger partial charge in [-0.1, -0.05) is 23.7 Å². The zero-order valence-corrected chi connectivity index (χ0v) is 16.3. The van der Waals surface area contributed by atoms with Gasteiger partial charge in [0.15, 0.2) is 0 Å². The summed E-state index contributed by atoms with van der Waals surface area (Å²) in [6.07, 6.45) is 0. The van der Waals surface area contributed by atoms with Gasteiger partial charge in [0.2, 0.25) is 5.91 Å². The first-order chi connectivity index (χ1) is 13.5. The molecule has 0 radical (unpaired) electrons. The van der Waals surface area contributed by atoms with E-state index in [4.69, 9.17) is 16.3 Å². The average molecular weight is 404 g/mol. The molecule has 2 amide bonds. The first-order valence-corrected chi connectivity index (χ1v) is 9.28. The van der Waals surface area contributed by atoms with E-state index in [1.807, 2.05) is 4.90 Å². The fourth-order valence-corrected chi connectivity index (χ4v) is 3.24. The third-order valence-corrected chi connectivity index (χ3v) is 4.94. The number of hydrogen-bond acceptors (Lipinski definition) is 5. The molecule has 0 aliphatic carbocycles. The minimum Gasteiger partial charge on any atom is -0.507 e. The van der Waals surface area contributed by atoms with E-state index in [2.05, 4.69) is 5.32 Å². The fourth-order valence-electron chi connectivity index (χ4n) is 3.05. The molecule has 148 valence electrons. The summed E-state index contributed by atoms with van der Waals surface area (Å²) in [6, 6.07) is 11.7. The van der Waals surface area contributed by atoms with Gasteiger partial charge in [0.1, 0.15) is 11.5 Å². The van der Waals surface area contributed by atoms with Crippen molar-refractivity contribution in [2.45, 2.75) is 0 Å². The first kappa shape index (κ1) is 20.0. The van der Waals surface area contributed by atoms with E-state index in [-0.39, 0.29) is 29.7 Å². The lowest BCUT2D eigenvalue weighted by molar-refractivity contribution is -0.117. The summed E-state index contributed by atoms with van der Waals surface area (Å²) in [5.74, 6) is -0.00436. The molecule has 2 aromatic carbocycles. The normalized spacial score (nSPS) is 14.6. The van der Waals surface area contributed by atoms with Gasteiger partial charge < -0.3 is 20.1 Å². The van der Waals surface area contributed by atoms with Crippen molar-refractivity contribution >= 4 is 29.1 Å². The number of rotatable bonds is 5. The van der Waals surface area contributed by atoms with Crippen molar-refractivity contribution in [3.8, 4) is 11.5 Å². The molecule has 7 nitrogen and oxygen atoms in total. The number of carbonyl (C=O) groups excluding carboxylic acids is 2. The number of methoxy groups -OCH3 is 1. The molecule has 8 heteroatoms. The van der Waals surface area contributed by atoms with Crippen molar-refractivity contribution in [1.82, 2.24) is 9.80 Å². The van der Waals surface area contributed by atoms with E-state index in [0.717, 1.165) is 0 Å². The number of nitrogens with zero attached hydrogens (tertiary/aromatic N) is 2. The van der Waals surface area contributed by atoms with Gasteiger partial charge in [0.05, 0.1) is 29.9 Å². The third kappa shape index (κ3) is 4.74. The number of nitrogens with one attached hydrogen (secondary N) is 1. The van der Waals surface area contributed by atoms with Crippen LogP contribution in [0.4, 0.5) is 5.69 Å². The summed E-state index contributed by atoms with van der Waals surface area (Å²) in [4.78, 5) is 28.5. The van der Waals surface area contributed by atoms with E-state index in [1.54, 1.807) is 41.3 Å². The number of amides is 2. The summed E-state index contributed by atoms with van der Waals surface area (Å²) in [6.45, 7) is 2.31. The highest BCUT2D eigenvalue weighted by atomic mass is 35.5. The number of halogens is 1. The number of hydrogen-bond donors (Lipinski definition) is 2.